The van der Waals surface area contributed by atoms with Gasteiger partial charge < -0.3 is 9.15 Å². The number of nitrogens with zero attached hydrogens (tertiary/aromatic N) is 2. The predicted molar refractivity (Wildman–Crippen MR) is 80.4 cm³/mol. The third-order valence-corrected chi connectivity index (χ3v) is 3.48. The van der Waals surface area contributed by atoms with Crippen molar-refractivity contribution in [1.29, 1.82) is 0 Å². The SMILES string of the molecule is COC(=O)c1ccc(-n2nc(C)c3c(C)cc(=O)oc32)cc1. The van der Waals surface area contributed by atoms with E-state index in [1.54, 1.807) is 28.9 Å². The molecule has 0 atom stereocenters. The van der Waals surface area contributed by atoms with Crippen LogP contribution in [-0.4, -0.2) is 22.9 Å². The summed E-state index contributed by atoms with van der Waals surface area (Å²) in [6.07, 6.45) is 0. The number of benzene rings is 1. The molecule has 6 heteroatoms. The Hall–Kier alpha value is -2.89. The van der Waals surface area contributed by atoms with Crippen molar-refractivity contribution in [2.45, 2.75) is 13.8 Å². The molecule has 0 aliphatic heterocycles. The van der Waals surface area contributed by atoms with Crippen molar-refractivity contribution >= 4 is 17.1 Å². The van der Waals surface area contributed by atoms with E-state index in [4.69, 9.17) is 4.42 Å². The van der Waals surface area contributed by atoms with Gasteiger partial charge in [-0.3, -0.25) is 0 Å². The van der Waals surface area contributed by atoms with Crippen molar-refractivity contribution in [2.75, 3.05) is 7.11 Å². The first-order valence-electron chi connectivity index (χ1n) is 6.70. The van der Waals surface area contributed by atoms with E-state index in [9.17, 15) is 9.59 Å². The highest BCUT2D eigenvalue weighted by molar-refractivity contribution is 5.89. The summed E-state index contributed by atoms with van der Waals surface area (Å²) in [5.74, 6) is -0.407. The number of methoxy groups -OCH3 is 1. The van der Waals surface area contributed by atoms with Gasteiger partial charge in [-0.1, -0.05) is 0 Å². The summed E-state index contributed by atoms with van der Waals surface area (Å²) in [6.45, 7) is 3.70. The molecule has 22 heavy (non-hydrogen) atoms. The van der Waals surface area contributed by atoms with Gasteiger partial charge in [0.15, 0.2) is 0 Å². The van der Waals surface area contributed by atoms with Gasteiger partial charge >= 0.3 is 11.6 Å². The molecule has 0 unspecified atom stereocenters. The van der Waals surface area contributed by atoms with Crippen molar-refractivity contribution in [2.24, 2.45) is 0 Å². The number of rotatable bonds is 2. The average molecular weight is 298 g/mol. The smallest absolute Gasteiger partial charge is 0.337 e. The normalized spacial score (nSPS) is 10.9. The lowest BCUT2D eigenvalue weighted by Gasteiger charge is -2.04. The number of carbonyl (C=O) groups excluding carboxylic acids is 1. The number of hydrogen-bond donors (Lipinski definition) is 0. The Kier molecular flexibility index (Phi) is 3.29. The zero-order valence-corrected chi connectivity index (χ0v) is 12.4. The Balaban J connectivity index is 2.18. The van der Waals surface area contributed by atoms with Crippen LogP contribution in [0.2, 0.25) is 0 Å². The average Bonchev–Trinajstić information content (AvgIpc) is 2.83. The lowest BCUT2D eigenvalue weighted by Crippen LogP contribution is -2.04. The fourth-order valence-corrected chi connectivity index (χ4v) is 2.46. The van der Waals surface area contributed by atoms with E-state index >= 15 is 0 Å². The summed E-state index contributed by atoms with van der Waals surface area (Å²) in [6, 6.07) is 8.17. The minimum absolute atomic E-state index is 0.397. The highest BCUT2D eigenvalue weighted by atomic mass is 16.5. The summed E-state index contributed by atoms with van der Waals surface area (Å²) in [5.41, 5.74) is 2.71. The molecule has 0 saturated carbocycles. The van der Waals surface area contributed by atoms with Crippen LogP contribution in [-0.2, 0) is 4.74 Å². The van der Waals surface area contributed by atoms with Gasteiger partial charge in [0.25, 0.3) is 0 Å². The van der Waals surface area contributed by atoms with Gasteiger partial charge in [0.05, 0.1) is 29.4 Å². The van der Waals surface area contributed by atoms with Gasteiger partial charge in [0.1, 0.15) is 0 Å². The summed E-state index contributed by atoms with van der Waals surface area (Å²) < 4.78 is 11.5. The molecule has 0 saturated heterocycles. The maximum absolute atomic E-state index is 11.6. The van der Waals surface area contributed by atoms with E-state index in [1.165, 1.54) is 13.2 Å². The number of aryl methyl sites for hydroxylation is 2. The van der Waals surface area contributed by atoms with Gasteiger partial charge in [-0.05, 0) is 43.7 Å². The van der Waals surface area contributed by atoms with Gasteiger partial charge in [0, 0.05) is 6.07 Å². The largest absolute Gasteiger partial charge is 0.465 e. The Bertz CT molecular complexity index is 920. The summed E-state index contributed by atoms with van der Waals surface area (Å²) in [7, 11) is 1.33. The molecular weight excluding hydrogens is 284 g/mol. The van der Waals surface area contributed by atoms with Crippen molar-refractivity contribution in [3.63, 3.8) is 0 Å². The van der Waals surface area contributed by atoms with Gasteiger partial charge in [0.2, 0.25) is 5.71 Å². The van der Waals surface area contributed by atoms with E-state index in [-0.39, 0.29) is 0 Å². The van der Waals surface area contributed by atoms with Crippen molar-refractivity contribution in [3.8, 4) is 5.69 Å². The molecule has 0 aliphatic carbocycles. The van der Waals surface area contributed by atoms with Gasteiger partial charge in [-0.25, -0.2) is 9.59 Å². The number of fused-ring (bicyclic) bond motifs is 1. The third-order valence-electron chi connectivity index (χ3n) is 3.48. The Labute approximate surface area is 125 Å². The summed E-state index contributed by atoms with van der Waals surface area (Å²) in [4.78, 5) is 23.1. The third kappa shape index (κ3) is 2.18. The van der Waals surface area contributed by atoms with Gasteiger partial charge in [-0.15, -0.1) is 0 Å². The molecule has 6 nitrogen and oxygen atoms in total. The van der Waals surface area contributed by atoms with Gasteiger partial charge in [-0.2, -0.15) is 9.78 Å². The van der Waals surface area contributed by atoms with Crippen LogP contribution in [0.4, 0.5) is 0 Å². The quantitative estimate of drug-likeness (QED) is 0.679. The lowest BCUT2D eigenvalue weighted by atomic mass is 10.2. The van der Waals surface area contributed by atoms with Crippen molar-refractivity contribution in [1.82, 2.24) is 9.78 Å². The molecule has 0 spiro atoms. The highest BCUT2D eigenvalue weighted by Gasteiger charge is 2.15. The van der Waals surface area contributed by atoms with Crippen LogP contribution in [0.3, 0.4) is 0 Å². The monoisotopic (exact) mass is 298 g/mol. The van der Waals surface area contributed by atoms with Crippen LogP contribution in [0.15, 0.2) is 39.5 Å². The van der Waals surface area contributed by atoms with Crippen LogP contribution in [0, 0.1) is 13.8 Å². The van der Waals surface area contributed by atoms with E-state index in [0.717, 1.165) is 16.6 Å². The summed E-state index contributed by atoms with van der Waals surface area (Å²) >= 11 is 0. The summed E-state index contributed by atoms with van der Waals surface area (Å²) in [5, 5.41) is 5.24. The maximum Gasteiger partial charge on any atom is 0.337 e. The van der Waals surface area contributed by atoms with Crippen molar-refractivity contribution < 1.29 is 13.9 Å². The fourth-order valence-electron chi connectivity index (χ4n) is 2.46. The van der Waals surface area contributed by atoms with Crippen LogP contribution >= 0.6 is 0 Å². The number of hydrogen-bond acceptors (Lipinski definition) is 5. The first kappa shape index (κ1) is 14.1. The molecular formula is C16H14N2O4. The van der Waals surface area contributed by atoms with Crippen LogP contribution in [0.25, 0.3) is 16.8 Å². The Morgan fingerprint density at radius 2 is 1.91 bits per heavy atom. The molecule has 3 aromatic rings. The molecule has 0 radical (unpaired) electrons. The number of ether oxygens (including phenoxy) is 1. The lowest BCUT2D eigenvalue weighted by molar-refractivity contribution is 0.0601. The second-order valence-electron chi connectivity index (χ2n) is 4.96. The number of esters is 1. The second kappa shape index (κ2) is 5.14. The van der Waals surface area contributed by atoms with Crippen molar-refractivity contribution in [3.05, 3.63) is 57.6 Å². The molecule has 0 aliphatic rings. The van der Waals surface area contributed by atoms with Crippen LogP contribution < -0.4 is 5.63 Å². The first-order chi connectivity index (χ1) is 10.5. The fraction of sp³-hybridized carbons (Fsp3) is 0.188. The predicted octanol–water partition coefficient (Wildman–Crippen LogP) is 2.38. The molecule has 112 valence electrons. The molecule has 3 rings (SSSR count). The molecule has 0 amide bonds. The van der Waals surface area contributed by atoms with Crippen LogP contribution in [0.1, 0.15) is 21.6 Å². The molecule has 1 aromatic carbocycles. The highest BCUT2D eigenvalue weighted by Crippen LogP contribution is 2.23. The van der Waals surface area contributed by atoms with E-state index < -0.39 is 11.6 Å². The zero-order chi connectivity index (χ0) is 15.9. The molecule has 0 N–H and O–H groups in total. The Morgan fingerprint density at radius 1 is 1.23 bits per heavy atom. The van der Waals surface area contributed by atoms with E-state index in [2.05, 4.69) is 9.84 Å². The van der Waals surface area contributed by atoms with E-state index in [0.29, 0.717) is 17.0 Å². The molecule has 0 bridgehead atoms. The number of aromatic nitrogens is 2. The number of carbonyl (C=O) groups is 1. The zero-order valence-electron chi connectivity index (χ0n) is 12.4. The molecule has 2 heterocycles. The molecule has 2 aromatic heterocycles. The van der Waals surface area contributed by atoms with E-state index in [1.807, 2.05) is 13.8 Å². The standard InChI is InChI=1S/C16H14N2O4/c1-9-8-13(19)22-15-14(9)10(2)17-18(15)12-6-4-11(5-7-12)16(20)21-3/h4-8H,1-3H3. The topological polar surface area (TPSA) is 74.3 Å². The minimum atomic E-state index is -0.419. The first-order valence-corrected chi connectivity index (χ1v) is 6.70. The minimum Gasteiger partial charge on any atom is -0.465 e. The Morgan fingerprint density at radius 3 is 2.55 bits per heavy atom. The second-order valence-corrected chi connectivity index (χ2v) is 4.96. The van der Waals surface area contributed by atoms with Crippen LogP contribution in [0.5, 0.6) is 0 Å². The molecule has 0 fully saturated rings. The maximum atomic E-state index is 11.6.